The number of Topliss-reactive ketones (excluding diaryl/α,β-unsaturated/α-hetero) is 1. The van der Waals surface area contributed by atoms with Gasteiger partial charge in [0.05, 0.1) is 12.8 Å². The molecule has 6 heteroatoms. The fourth-order valence-corrected chi connectivity index (χ4v) is 7.62. The van der Waals surface area contributed by atoms with Crippen molar-refractivity contribution >= 4 is 23.5 Å². The van der Waals surface area contributed by atoms with E-state index in [0.29, 0.717) is 24.2 Å². The van der Waals surface area contributed by atoms with Gasteiger partial charge in [0.1, 0.15) is 6.61 Å². The van der Waals surface area contributed by atoms with Gasteiger partial charge in [0.2, 0.25) is 0 Å². The summed E-state index contributed by atoms with van der Waals surface area (Å²) in [5, 5.41) is 8.68. The molecule has 31 heavy (non-hydrogen) atoms. The van der Waals surface area contributed by atoms with Gasteiger partial charge in [-0.05, 0) is 79.6 Å². The number of ether oxygens (including phenoxy) is 1. The molecule has 0 amide bonds. The number of hydrogen-bond donors (Lipinski definition) is 1. The predicted octanol–water partition coefficient (Wildman–Crippen LogP) is 4.11. The highest BCUT2D eigenvalue weighted by Crippen LogP contribution is 2.66. The van der Waals surface area contributed by atoms with Crippen LogP contribution in [0.4, 0.5) is 0 Å². The van der Waals surface area contributed by atoms with Gasteiger partial charge in [-0.3, -0.25) is 19.2 Å². The fraction of sp³-hybridized carbons (Fsp3) is 0.760. The van der Waals surface area contributed by atoms with Crippen molar-refractivity contribution < 1.29 is 29.0 Å². The number of fused-ring (bicyclic) bond motifs is 5. The number of ketones is 2. The Balaban J connectivity index is 1.43. The summed E-state index contributed by atoms with van der Waals surface area (Å²) in [6, 6.07) is 0. The summed E-state index contributed by atoms with van der Waals surface area (Å²) in [5.41, 5.74) is 1.42. The standard InChI is InChI=1S/C25H34O6/c1-24-11-9-16(26)13-15(24)3-4-17-18-5-6-20(25(18,2)12-10-19(17)24)21(27)14-31-23(30)8-7-22(28)29/h13,17-20H,3-12,14H2,1-2H3,(H,28,29)/t17-,18-,19-,20+,24-,25-/m1/s1. The average molecular weight is 431 g/mol. The van der Waals surface area contributed by atoms with E-state index < -0.39 is 11.9 Å². The molecule has 6 atom stereocenters. The molecular formula is C25H34O6. The molecule has 170 valence electrons. The van der Waals surface area contributed by atoms with Gasteiger partial charge in [-0.15, -0.1) is 0 Å². The first kappa shape index (κ1) is 22.2. The second-order valence-corrected chi connectivity index (χ2v) is 10.7. The van der Waals surface area contributed by atoms with Crippen molar-refractivity contribution in [3.05, 3.63) is 11.6 Å². The maximum atomic E-state index is 13.0. The molecule has 3 saturated carbocycles. The summed E-state index contributed by atoms with van der Waals surface area (Å²) >= 11 is 0. The quantitative estimate of drug-likeness (QED) is 0.637. The summed E-state index contributed by atoms with van der Waals surface area (Å²) in [6.07, 6.45) is 9.11. The van der Waals surface area contributed by atoms with Crippen LogP contribution >= 0.6 is 0 Å². The van der Waals surface area contributed by atoms with Crippen molar-refractivity contribution in [2.24, 2.45) is 34.5 Å². The summed E-state index contributed by atoms with van der Waals surface area (Å²) in [6.45, 7) is 4.37. The number of carbonyl (C=O) groups is 4. The van der Waals surface area contributed by atoms with E-state index in [9.17, 15) is 19.2 Å². The van der Waals surface area contributed by atoms with E-state index in [1.54, 1.807) is 0 Å². The number of carbonyl (C=O) groups excluding carboxylic acids is 3. The summed E-state index contributed by atoms with van der Waals surface area (Å²) in [7, 11) is 0. The topological polar surface area (TPSA) is 97.7 Å². The van der Waals surface area contributed by atoms with E-state index >= 15 is 0 Å². The van der Waals surface area contributed by atoms with Crippen LogP contribution in [-0.2, 0) is 23.9 Å². The summed E-state index contributed by atoms with van der Waals surface area (Å²) in [4.78, 5) is 47.3. The second-order valence-electron chi connectivity index (χ2n) is 10.7. The normalized spacial score (nSPS) is 39.0. The highest BCUT2D eigenvalue weighted by Gasteiger charge is 2.60. The van der Waals surface area contributed by atoms with Gasteiger partial charge in [-0.2, -0.15) is 0 Å². The lowest BCUT2D eigenvalue weighted by atomic mass is 9.46. The minimum Gasteiger partial charge on any atom is -0.481 e. The lowest BCUT2D eigenvalue weighted by Gasteiger charge is -2.58. The van der Waals surface area contributed by atoms with Crippen LogP contribution in [0.2, 0.25) is 0 Å². The van der Waals surface area contributed by atoms with Crippen molar-refractivity contribution in [3.63, 3.8) is 0 Å². The van der Waals surface area contributed by atoms with Gasteiger partial charge < -0.3 is 9.84 Å². The maximum absolute atomic E-state index is 13.0. The molecule has 1 N–H and O–H groups in total. The van der Waals surface area contributed by atoms with Gasteiger partial charge in [0.25, 0.3) is 0 Å². The Bertz CT molecular complexity index is 828. The van der Waals surface area contributed by atoms with E-state index in [1.165, 1.54) is 5.57 Å². The monoisotopic (exact) mass is 430 g/mol. The van der Waals surface area contributed by atoms with Gasteiger partial charge in [0.15, 0.2) is 11.6 Å². The van der Waals surface area contributed by atoms with E-state index in [1.807, 2.05) is 6.08 Å². The first-order valence-electron chi connectivity index (χ1n) is 11.8. The Kier molecular flexibility index (Phi) is 5.86. The SMILES string of the molecule is C[C@@]12CC[C@@H]3[C@H](CCC4=CC(=O)CC[C@]43C)[C@H]1CC[C@H]2C(=O)COC(=O)CCC(=O)O. The Hall–Kier alpha value is -1.98. The Morgan fingerprint density at radius 2 is 1.81 bits per heavy atom. The molecule has 0 aromatic heterocycles. The number of hydrogen-bond acceptors (Lipinski definition) is 5. The highest BCUT2D eigenvalue weighted by atomic mass is 16.5. The summed E-state index contributed by atoms with van der Waals surface area (Å²) in [5.74, 6) is 0.168. The van der Waals surface area contributed by atoms with Gasteiger partial charge in [-0.1, -0.05) is 19.4 Å². The molecule has 0 unspecified atom stereocenters. The van der Waals surface area contributed by atoms with Crippen LogP contribution in [0, 0.1) is 34.5 Å². The molecule has 4 aliphatic rings. The number of rotatable bonds is 6. The Morgan fingerprint density at radius 1 is 1.03 bits per heavy atom. The third kappa shape index (κ3) is 3.87. The second kappa shape index (κ2) is 8.18. The van der Waals surface area contributed by atoms with Crippen LogP contribution in [-0.4, -0.2) is 35.2 Å². The van der Waals surface area contributed by atoms with Crippen LogP contribution < -0.4 is 0 Å². The van der Waals surface area contributed by atoms with Crippen molar-refractivity contribution in [1.82, 2.24) is 0 Å². The molecule has 3 fully saturated rings. The molecule has 0 heterocycles. The van der Waals surface area contributed by atoms with Crippen LogP contribution in [0.3, 0.4) is 0 Å². The molecule has 4 aliphatic carbocycles. The molecule has 6 nitrogen and oxygen atoms in total. The summed E-state index contributed by atoms with van der Waals surface area (Å²) < 4.78 is 5.10. The Morgan fingerprint density at radius 3 is 2.55 bits per heavy atom. The third-order valence-corrected chi connectivity index (χ3v) is 9.27. The maximum Gasteiger partial charge on any atom is 0.306 e. The van der Waals surface area contributed by atoms with E-state index in [2.05, 4.69) is 13.8 Å². The molecule has 0 spiro atoms. The first-order chi connectivity index (χ1) is 14.6. The van der Waals surface area contributed by atoms with Crippen molar-refractivity contribution in [3.8, 4) is 0 Å². The predicted molar refractivity (Wildman–Crippen MR) is 113 cm³/mol. The molecule has 0 saturated heterocycles. The lowest BCUT2D eigenvalue weighted by Crippen LogP contribution is -2.51. The number of carboxylic acid groups (broad SMARTS) is 1. The van der Waals surface area contributed by atoms with Gasteiger partial charge in [-0.25, -0.2) is 0 Å². The minimum atomic E-state index is -1.05. The van der Waals surface area contributed by atoms with Crippen molar-refractivity contribution in [2.45, 2.75) is 78.1 Å². The largest absolute Gasteiger partial charge is 0.481 e. The van der Waals surface area contributed by atoms with Crippen LogP contribution in [0.1, 0.15) is 78.1 Å². The molecule has 0 aliphatic heterocycles. The molecule has 0 aromatic rings. The van der Waals surface area contributed by atoms with E-state index in [-0.39, 0.29) is 47.8 Å². The molecule has 0 bridgehead atoms. The number of aliphatic carboxylic acids is 1. The minimum absolute atomic E-state index is 0.0157. The number of esters is 1. The molecule has 0 radical (unpaired) electrons. The third-order valence-electron chi connectivity index (χ3n) is 9.27. The number of allylic oxidation sites excluding steroid dienone is 1. The van der Waals surface area contributed by atoms with Crippen LogP contribution in [0.15, 0.2) is 11.6 Å². The molecular weight excluding hydrogens is 396 g/mol. The highest BCUT2D eigenvalue weighted by molar-refractivity contribution is 5.91. The number of carboxylic acids is 1. The average Bonchev–Trinajstić information content (AvgIpc) is 3.08. The molecule has 4 rings (SSSR count). The zero-order valence-electron chi connectivity index (χ0n) is 18.7. The Labute approximate surface area is 183 Å². The first-order valence-corrected chi connectivity index (χ1v) is 11.8. The van der Waals surface area contributed by atoms with Gasteiger partial charge in [0, 0.05) is 12.3 Å². The van der Waals surface area contributed by atoms with E-state index in [0.717, 1.165) is 44.9 Å². The van der Waals surface area contributed by atoms with Crippen molar-refractivity contribution in [2.75, 3.05) is 6.61 Å². The van der Waals surface area contributed by atoms with Crippen LogP contribution in [0.25, 0.3) is 0 Å². The fourth-order valence-electron chi connectivity index (χ4n) is 7.62. The zero-order valence-corrected chi connectivity index (χ0v) is 18.7. The zero-order chi connectivity index (χ0) is 22.4. The van der Waals surface area contributed by atoms with Crippen LogP contribution in [0.5, 0.6) is 0 Å². The molecule has 0 aromatic carbocycles. The van der Waals surface area contributed by atoms with Gasteiger partial charge >= 0.3 is 11.9 Å². The van der Waals surface area contributed by atoms with E-state index in [4.69, 9.17) is 9.84 Å². The smallest absolute Gasteiger partial charge is 0.306 e. The lowest BCUT2D eigenvalue weighted by molar-refractivity contribution is -0.152. The van der Waals surface area contributed by atoms with Crippen molar-refractivity contribution in [1.29, 1.82) is 0 Å².